The summed E-state index contributed by atoms with van der Waals surface area (Å²) in [5, 5.41) is 6.28. The van der Waals surface area contributed by atoms with Gasteiger partial charge in [-0.3, -0.25) is 5.41 Å². The van der Waals surface area contributed by atoms with Crippen LogP contribution in [-0.4, -0.2) is 11.6 Å². The first-order valence-electron chi connectivity index (χ1n) is 2.24. The third-order valence-electron chi connectivity index (χ3n) is 0. The molecule has 3 N–H and O–H groups in total. The van der Waals surface area contributed by atoms with Gasteiger partial charge >= 0.3 is 17.1 Å². The molecule has 0 bridgehead atoms. The molecule has 0 spiro atoms. The van der Waals surface area contributed by atoms with Crippen LogP contribution < -0.4 is 5.73 Å². The van der Waals surface area contributed by atoms with E-state index in [2.05, 4.69) is 0 Å². The maximum Gasteiger partial charge on any atom is 2.00 e. The van der Waals surface area contributed by atoms with Crippen LogP contribution in [0.3, 0.4) is 0 Å². The molecular formula is C5H12CuN2O+2. The monoisotopic (exact) mass is 179 g/mol. The van der Waals surface area contributed by atoms with Crippen molar-refractivity contribution in [1.29, 1.82) is 5.41 Å². The van der Waals surface area contributed by atoms with Gasteiger partial charge < -0.3 is 10.5 Å². The summed E-state index contributed by atoms with van der Waals surface area (Å²) in [4.78, 5) is 9.44. The van der Waals surface area contributed by atoms with Gasteiger partial charge in [0.05, 0.1) is 5.84 Å². The molecule has 0 unspecified atom stereocenters. The van der Waals surface area contributed by atoms with Crippen molar-refractivity contribution in [2.75, 3.05) is 0 Å². The Morgan fingerprint density at radius 2 is 1.33 bits per heavy atom. The van der Waals surface area contributed by atoms with Gasteiger partial charge in [0.25, 0.3) is 0 Å². The van der Waals surface area contributed by atoms with Crippen molar-refractivity contribution >= 4 is 11.6 Å². The Labute approximate surface area is 66.0 Å². The van der Waals surface area contributed by atoms with E-state index in [-0.39, 0.29) is 28.7 Å². The van der Waals surface area contributed by atoms with E-state index in [0.717, 1.165) is 0 Å². The Kier molecular flexibility index (Phi) is 18.7. The van der Waals surface area contributed by atoms with Gasteiger partial charge in [-0.2, -0.15) is 0 Å². The fourth-order valence-corrected chi connectivity index (χ4v) is 0. The number of ketones is 1. The van der Waals surface area contributed by atoms with Gasteiger partial charge in [-0.1, -0.05) is 0 Å². The SMILES string of the molecule is CC(=N)N.CC(C)=O.[Cu+2]. The van der Waals surface area contributed by atoms with Gasteiger partial charge in [0.2, 0.25) is 0 Å². The van der Waals surface area contributed by atoms with Crippen LogP contribution in [0, 0.1) is 5.41 Å². The van der Waals surface area contributed by atoms with Crippen molar-refractivity contribution in [2.24, 2.45) is 5.73 Å². The zero-order valence-electron chi connectivity index (χ0n) is 5.79. The number of carbonyl (C=O) groups is 1. The van der Waals surface area contributed by atoms with E-state index < -0.39 is 0 Å². The van der Waals surface area contributed by atoms with E-state index in [1.165, 1.54) is 20.8 Å². The third-order valence-corrected chi connectivity index (χ3v) is 0. The Hall–Kier alpha value is -0.341. The van der Waals surface area contributed by atoms with E-state index in [4.69, 9.17) is 11.1 Å². The minimum atomic E-state index is 0. The van der Waals surface area contributed by atoms with E-state index >= 15 is 0 Å². The van der Waals surface area contributed by atoms with Gasteiger partial charge in [-0.25, -0.2) is 0 Å². The van der Waals surface area contributed by atoms with Gasteiger partial charge in [0.15, 0.2) is 0 Å². The number of nitrogens with one attached hydrogen (secondary N) is 1. The van der Waals surface area contributed by atoms with Crippen LogP contribution in [0.25, 0.3) is 0 Å². The molecule has 9 heavy (non-hydrogen) atoms. The molecule has 0 heterocycles. The summed E-state index contributed by atoms with van der Waals surface area (Å²) in [6.07, 6.45) is 0. The van der Waals surface area contributed by atoms with E-state index in [0.29, 0.717) is 0 Å². The molecule has 0 aromatic carbocycles. The van der Waals surface area contributed by atoms with Crippen molar-refractivity contribution in [3.05, 3.63) is 0 Å². The molecule has 0 aliphatic heterocycles. The van der Waals surface area contributed by atoms with E-state index in [1.807, 2.05) is 0 Å². The predicted molar refractivity (Wildman–Crippen MR) is 33.9 cm³/mol. The molecule has 0 aliphatic carbocycles. The summed E-state index contributed by atoms with van der Waals surface area (Å²) in [6, 6.07) is 0. The van der Waals surface area contributed by atoms with Crippen molar-refractivity contribution in [3.63, 3.8) is 0 Å². The molecular weight excluding hydrogens is 168 g/mol. The predicted octanol–water partition coefficient (Wildman–Crippen LogP) is 0.535. The summed E-state index contributed by atoms with van der Waals surface area (Å²) < 4.78 is 0. The summed E-state index contributed by atoms with van der Waals surface area (Å²) in [7, 11) is 0. The van der Waals surface area contributed by atoms with Crippen molar-refractivity contribution in [1.82, 2.24) is 0 Å². The largest absolute Gasteiger partial charge is 2.00 e. The molecule has 0 atom stereocenters. The molecule has 0 fully saturated rings. The van der Waals surface area contributed by atoms with Gasteiger partial charge in [-0.05, 0) is 20.8 Å². The summed E-state index contributed by atoms with van der Waals surface area (Å²) in [5.74, 6) is 0.333. The van der Waals surface area contributed by atoms with Crippen molar-refractivity contribution in [2.45, 2.75) is 20.8 Å². The normalized spacial score (nSPS) is 5.67. The van der Waals surface area contributed by atoms with Gasteiger partial charge in [-0.15, -0.1) is 0 Å². The van der Waals surface area contributed by atoms with Crippen molar-refractivity contribution < 1.29 is 21.9 Å². The quantitative estimate of drug-likeness (QED) is 0.324. The summed E-state index contributed by atoms with van der Waals surface area (Å²) >= 11 is 0. The second-order valence-electron chi connectivity index (χ2n) is 1.59. The Balaban J connectivity index is -0.0000000720. The zero-order valence-corrected chi connectivity index (χ0v) is 6.73. The summed E-state index contributed by atoms with van der Waals surface area (Å²) in [6.45, 7) is 4.58. The second kappa shape index (κ2) is 10.6. The fraction of sp³-hybridized carbons (Fsp3) is 0.600. The van der Waals surface area contributed by atoms with E-state index in [1.54, 1.807) is 0 Å². The average Bonchev–Trinajstić information content (AvgIpc) is 1.25. The number of rotatable bonds is 0. The molecule has 3 nitrogen and oxygen atoms in total. The minimum Gasteiger partial charge on any atom is -0.388 e. The fourth-order valence-electron chi connectivity index (χ4n) is 0. The minimum absolute atomic E-state index is 0. The van der Waals surface area contributed by atoms with Crippen LogP contribution in [0.4, 0.5) is 0 Å². The molecule has 0 amide bonds. The smallest absolute Gasteiger partial charge is 0.388 e. The van der Waals surface area contributed by atoms with Crippen LogP contribution in [0.15, 0.2) is 0 Å². The number of amidine groups is 1. The molecule has 0 saturated heterocycles. The molecule has 4 heteroatoms. The van der Waals surface area contributed by atoms with Crippen LogP contribution in [0.1, 0.15) is 20.8 Å². The van der Waals surface area contributed by atoms with E-state index in [9.17, 15) is 4.79 Å². The van der Waals surface area contributed by atoms with Crippen LogP contribution in [0.2, 0.25) is 0 Å². The Morgan fingerprint density at radius 3 is 1.33 bits per heavy atom. The molecule has 1 radical (unpaired) electrons. The zero-order chi connectivity index (χ0) is 7.15. The number of Topliss-reactive ketones (excluding diaryl/α,β-unsaturated/α-hetero) is 1. The third kappa shape index (κ3) is 2120. The number of hydrogen-bond donors (Lipinski definition) is 2. The average molecular weight is 180 g/mol. The summed E-state index contributed by atoms with van der Waals surface area (Å²) in [5.41, 5.74) is 4.69. The van der Waals surface area contributed by atoms with Crippen LogP contribution >= 0.6 is 0 Å². The number of hydrogen-bond acceptors (Lipinski definition) is 2. The molecule has 0 aromatic heterocycles. The number of nitrogens with two attached hydrogens (primary N) is 1. The maximum atomic E-state index is 9.44. The maximum absolute atomic E-state index is 9.44. The van der Waals surface area contributed by atoms with Crippen LogP contribution in [0.5, 0.6) is 0 Å². The molecule has 0 aliphatic rings. The number of carbonyl (C=O) groups excluding carboxylic acids is 1. The van der Waals surface area contributed by atoms with Gasteiger partial charge in [0.1, 0.15) is 5.78 Å². The Bertz CT molecular complexity index is 73.0. The van der Waals surface area contributed by atoms with Gasteiger partial charge in [0, 0.05) is 0 Å². The first-order chi connectivity index (χ1) is 3.46. The first-order valence-corrected chi connectivity index (χ1v) is 2.24. The molecule has 0 saturated carbocycles. The van der Waals surface area contributed by atoms with Crippen LogP contribution in [-0.2, 0) is 21.9 Å². The first kappa shape index (κ1) is 15.9. The second-order valence-corrected chi connectivity index (χ2v) is 1.59. The molecule has 57 valence electrons. The Morgan fingerprint density at radius 1 is 1.33 bits per heavy atom. The standard InChI is InChI=1S/C3H6O.C2H6N2.Cu/c1-3(2)4;1-2(3)4;/h1-2H3;1H3,(H3,3,4);/q;;+2. The topological polar surface area (TPSA) is 66.9 Å². The molecule has 0 rings (SSSR count). The van der Waals surface area contributed by atoms with Crippen molar-refractivity contribution in [3.8, 4) is 0 Å². The molecule has 0 aromatic rings.